The minimum Gasteiger partial charge on any atom is -0.469 e. The second-order valence-corrected chi connectivity index (χ2v) is 12.0. The van der Waals surface area contributed by atoms with Gasteiger partial charge in [0.15, 0.2) is 5.96 Å². The van der Waals surface area contributed by atoms with Crippen molar-refractivity contribution in [2.45, 2.75) is 38.6 Å². The van der Waals surface area contributed by atoms with Gasteiger partial charge in [0.05, 0.1) is 24.6 Å². The number of ether oxygens (including phenoxy) is 1. The summed E-state index contributed by atoms with van der Waals surface area (Å²) in [5, 5.41) is 0. The van der Waals surface area contributed by atoms with Gasteiger partial charge in [-0.25, -0.2) is 4.99 Å². The van der Waals surface area contributed by atoms with Crippen LogP contribution in [0, 0.1) is 5.41 Å². The second-order valence-electron chi connectivity index (χ2n) is 12.0. The van der Waals surface area contributed by atoms with E-state index in [4.69, 9.17) is 16.2 Å². The fraction of sp³-hybridized carbons (Fsp3) is 0.289. The topological polar surface area (TPSA) is 114 Å². The zero-order chi connectivity index (χ0) is 32.4. The molecule has 8 nitrogen and oxygen atoms in total. The minimum atomic E-state index is -0.805. The molecule has 4 N–H and O–H groups in total. The van der Waals surface area contributed by atoms with E-state index in [9.17, 15) is 9.59 Å². The quantitative estimate of drug-likeness (QED) is 0.101. The van der Waals surface area contributed by atoms with Gasteiger partial charge in [-0.3, -0.25) is 9.59 Å². The van der Waals surface area contributed by atoms with Gasteiger partial charge < -0.3 is 26.0 Å². The number of esters is 1. The van der Waals surface area contributed by atoms with E-state index < -0.39 is 5.41 Å². The zero-order valence-electron chi connectivity index (χ0n) is 26.5. The van der Waals surface area contributed by atoms with Crippen molar-refractivity contribution in [1.82, 2.24) is 4.90 Å². The highest BCUT2D eigenvalue weighted by atomic mass is 16.5. The molecular formula is C38H43N5O3. The highest BCUT2D eigenvalue weighted by molar-refractivity contribution is 5.89. The van der Waals surface area contributed by atoms with E-state index in [1.807, 2.05) is 71.6 Å². The van der Waals surface area contributed by atoms with Gasteiger partial charge in [-0.2, -0.15) is 0 Å². The molecule has 0 bridgehead atoms. The lowest BCUT2D eigenvalue weighted by molar-refractivity contribution is -0.149. The van der Waals surface area contributed by atoms with E-state index in [0.717, 1.165) is 35.2 Å². The van der Waals surface area contributed by atoms with Crippen LogP contribution in [0.5, 0.6) is 0 Å². The molecule has 5 rings (SSSR count). The fourth-order valence-electron chi connectivity index (χ4n) is 6.30. The lowest BCUT2D eigenvalue weighted by Gasteiger charge is -2.32. The maximum absolute atomic E-state index is 14.0. The molecule has 1 fully saturated rings. The molecule has 0 saturated carbocycles. The largest absolute Gasteiger partial charge is 0.469 e. The van der Waals surface area contributed by atoms with Gasteiger partial charge in [0, 0.05) is 31.9 Å². The summed E-state index contributed by atoms with van der Waals surface area (Å²) >= 11 is 0. The molecule has 1 aliphatic heterocycles. The molecule has 0 aromatic heterocycles. The molecule has 1 aliphatic rings. The van der Waals surface area contributed by atoms with Crippen LogP contribution in [-0.2, 0) is 27.3 Å². The zero-order valence-corrected chi connectivity index (χ0v) is 26.5. The maximum atomic E-state index is 14.0. The predicted octanol–water partition coefficient (Wildman–Crippen LogP) is 6.07. The predicted molar refractivity (Wildman–Crippen MR) is 184 cm³/mol. The number of anilines is 1. The Morgan fingerprint density at radius 1 is 0.891 bits per heavy atom. The number of rotatable bonds is 14. The van der Waals surface area contributed by atoms with Crippen LogP contribution in [-0.4, -0.2) is 49.5 Å². The lowest BCUT2D eigenvalue weighted by atomic mass is 9.79. The molecule has 238 valence electrons. The van der Waals surface area contributed by atoms with Gasteiger partial charge in [0.2, 0.25) is 5.91 Å². The number of hydrogen-bond acceptors (Lipinski definition) is 5. The number of nitrogens with zero attached hydrogens (tertiary/aromatic N) is 3. The Hall–Kier alpha value is -5.11. The number of amides is 1. The molecule has 0 aliphatic carbocycles. The number of likely N-dealkylation sites (tertiary alicyclic amines) is 1. The fourth-order valence-corrected chi connectivity index (χ4v) is 6.30. The Balaban J connectivity index is 1.38. The number of nitrogens with two attached hydrogens (primary N) is 2. The Morgan fingerprint density at radius 2 is 1.57 bits per heavy atom. The SMILES string of the molecule is COC(=O)CC1(CCN(Cc2ccccc2)c2cccc(-c3cccc(N=C(N)N)c3)c2)CCN(CCCc2ccccc2)C1=O. The average molecular weight is 618 g/mol. The summed E-state index contributed by atoms with van der Waals surface area (Å²) < 4.78 is 5.10. The van der Waals surface area contributed by atoms with Gasteiger partial charge in [-0.15, -0.1) is 0 Å². The molecule has 46 heavy (non-hydrogen) atoms. The van der Waals surface area contributed by atoms with Crippen LogP contribution in [0.3, 0.4) is 0 Å². The minimum absolute atomic E-state index is 0.0111. The summed E-state index contributed by atoms with van der Waals surface area (Å²) in [5.41, 5.74) is 16.6. The van der Waals surface area contributed by atoms with E-state index in [2.05, 4.69) is 52.4 Å². The van der Waals surface area contributed by atoms with Gasteiger partial charge in [-0.05, 0) is 72.2 Å². The first-order valence-corrected chi connectivity index (χ1v) is 15.8. The molecule has 1 amide bonds. The third-order valence-electron chi connectivity index (χ3n) is 8.77. The van der Waals surface area contributed by atoms with Crippen LogP contribution in [0.1, 0.15) is 36.8 Å². The molecular weight excluding hydrogens is 574 g/mol. The van der Waals surface area contributed by atoms with Crippen molar-refractivity contribution in [2.75, 3.05) is 31.6 Å². The second kappa shape index (κ2) is 15.3. The summed E-state index contributed by atoms with van der Waals surface area (Å²) in [6.07, 6.45) is 3.02. The van der Waals surface area contributed by atoms with Crippen LogP contribution in [0.15, 0.2) is 114 Å². The van der Waals surface area contributed by atoms with E-state index in [-0.39, 0.29) is 24.3 Å². The molecule has 0 spiro atoms. The average Bonchev–Trinajstić information content (AvgIpc) is 3.37. The first-order valence-electron chi connectivity index (χ1n) is 15.8. The maximum Gasteiger partial charge on any atom is 0.306 e. The summed E-state index contributed by atoms with van der Waals surface area (Å²) in [6.45, 7) is 2.56. The van der Waals surface area contributed by atoms with Crippen molar-refractivity contribution in [3.8, 4) is 11.1 Å². The lowest BCUT2D eigenvalue weighted by Crippen LogP contribution is -2.40. The molecule has 4 aromatic carbocycles. The van der Waals surface area contributed by atoms with Crippen molar-refractivity contribution in [1.29, 1.82) is 0 Å². The molecule has 8 heteroatoms. The highest BCUT2D eigenvalue weighted by Gasteiger charge is 2.48. The summed E-state index contributed by atoms with van der Waals surface area (Å²) in [6, 6.07) is 36.7. The van der Waals surface area contributed by atoms with Crippen molar-refractivity contribution >= 4 is 29.2 Å². The third kappa shape index (κ3) is 8.33. The third-order valence-corrected chi connectivity index (χ3v) is 8.77. The monoisotopic (exact) mass is 617 g/mol. The van der Waals surface area contributed by atoms with Crippen LogP contribution >= 0.6 is 0 Å². The van der Waals surface area contributed by atoms with Crippen molar-refractivity contribution < 1.29 is 14.3 Å². The normalized spacial score (nSPS) is 15.8. The van der Waals surface area contributed by atoms with Gasteiger partial charge in [0.1, 0.15) is 0 Å². The number of aryl methyl sites for hydroxylation is 1. The summed E-state index contributed by atoms with van der Waals surface area (Å²) in [5.74, 6) is -0.287. The number of aliphatic imine (C=N–C) groups is 1. The van der Waals surface area contributed by atoms with Crippen molar-refractivity contribution in [2.24, 2.45) is 21.9 Å². The Morgan fingerprint density at radius 3 is 2.26 bits per heavy atom. The summed E-state index contributed by atoms with van der Waals surface area (Å²) in [7, 11) is 1.39. The molecule has 1 saturated heterocycles. The number of methoxy groups -OCH3 is 1. The van der Waals surface area contributed by atoms with E-state index >= 15 is 0 Å². The number of benzene rings is 4. The summed E-state index contributed by atoms with van der Waals surface area (Å²) in [4.78, 5) is 35.2. The highest BCUT2D eigenvalue weighted by Crippen LogP contribution is 2.40. The molecule has 0 radical (unpaired) electrons. The van der Waals surface area contributed by atoms with Crippen molar-refractivity contribution in [3.05, 3.63) is 120 Å². The van der Waals surface area contributed by atoms with Gasteiger partial charge in [0.25, 0.3) is 0 Å². The van der Waals surface area contributed by atoms with Crippen LogP contribution in [0.4, 0.5) is 11.4 Å². The Labute approximate surface area is 271 Å². The Bertz CT molecular complexity index is 1640. The molecule has 1 heterocycles. The van der Waals surface area contributed by atoms with Crippen LogP contribution in [0.25, 0.3) is 11.1 Å². The Kier molecular flexibility index (Phi) is 10.7. The molecule has 1 atom stereocenters. The van der Waals surface area contributed by atoms with Crippen LogP contribution < -0.4 is 16.4 Å². The van der Waals surface area contributed by atoms with Gasteiger partial charge in [-0.1, -0.05) is 84.9 Å². The molecule has 4 aromatic rings. The number of carbonyl (C=O) groups is 2. The smallest absolute Gasteiger partial charge is 0.306 e. The first-order chi connectivity index (χ1) is 22.3. The number of guanidine groups is 1. The van der Waals surface area contributed by atoms with E-state index in [1.54, 1.807) is 0 Å². The van der Waals surface area contributed by atoms with Crippen molar-refractivity contribution in [3.63, 3.8) is 0 Å². The standard InChI is InChI=1S/C38H43N5O3/c1-46-35(44)27-38(20-23-42(36(38)45)22-10-15-29-11-4-2-5-12-29)21-24-43(28-30-13-6-3-7-14-30)34-19-9-17-32(26-34)31-16-8-18-33(25-31)41-37(39)40/h2-9,11-14,16-19,25-26H,10,15,20-24,27-28H2,1H3,(H4,39,40,41). The van der Waals surface area contributed by atoms with Gasteiger partial charge >= 0.3 is 5.97 Å². The number of hydrogen-bond donors (Lipinski definition) is 2. The van der Waals surface area contributed by atoms with Crippen LogP contribution in [0.2, 0.25) is 0 Å². The molecule has 1 unspecified atom stereocenters. The number of carbonyl (C=O) groups excluding carboxylic acids is 2. The van der Waals surface area contributed by atoms with E-state index in [0.29, 0.717) is 44.7 Å². The van der Waals surface area contributed by atoms with E-state index in [1.165, 1.54) is 12.7 Å². The first kappa shape index (κ1) is 32.3.